The summed E-state index contributed by atoms with van der Waals surface area (Å²) < 4.78 is 5.51. The SMILES string of the molecule is Cc1ccc2c(c1)SC1(CCN(C(=O)OC(C)(C)C)CC1)c1cn[nH]c1-2. The van der Waals surface area contributed by atoms with Crippen LogP contribution < -0.4 is 0 Å². The summed E-state index contributed by atoms with van der Waals surface area (Å²) in [5.41, 5.74) is 4.43. The van der Waals surface area contributed by atoms with E-state index in [9.17, 15) is 4.79 Å². The van der Waals surface area contributed by atoms with Crippen LogP contribution in [0.15, 0.2) is 29.3 Å². The van der Waals surface area contributed by atoms with Gasteiger partial charge in [-0.1, -0.05) is 12.1 Å². The molecule has 3 heterocycles. The van der Waals surface area contributed by atoms with Crippen LogP contribution in [0, 0.1) is 6.92 Å². The van der Waals surface area contributed by atoms with Gasteiger partial charge in [0.2, 0.25) is 0 Å². The van der Waals surface area contributed by atoms with E-state index in [0.29, 0.717) is 13.1 Å². The molecular weight excluding hydrogens is 346 g/mol. The van der Waals surface area contributed by atoms with Crippen LogP contribution in [0.25, 0.3) is 11.3 Å². The van der Waals surface area contributed by atoms with Gasteiger partial charge in [-0.3, -0.25) is 5.10 Å². The van der Waals surface area contributed by atoms with E-state index in [4.69, 9.17) is 4.74 Å². The fraction of sp³-hybridized carbons (Fsp3) is 0.500. The van der Waals surface area contributed by atoms with Crippen molar-refractivity contribution in [2.45, 2.75) is 55.8 Å². The van der Waals surface area contributed by atoms with E-state index in [2.05, 4.69) is 35.3 Å². The molecule has 26 heavy (non-hydrogen) atoms. The van der Waals surface area contributed by atoms with E-state index < -0.39 is 5.60 Å². The number of aromatic nitrogens is 2. The number of nitrogens with zero attached hydrogens (tertiary/aromatic N) is 2. The van der Waals surface area contributed by atoms with Crippen LogP contribution in [0.2, 0.25) is 0 Å². The smallest absolute Gasteiger partial charge is 0.410 e. The Hall–Kier alpha value is -1.95. The summed E-state index contributed by atoms with van der Waals surface area (Å²) in [5, 5.41) is 7.54. The lowest BCUT2D eigenvalue weighted by Gasteiger charge is -2.43. The van der Waals surface area contributed by atoms with Crippen molar-refractivity contribution in [1.29, 1.82) is 0 Å². The van der Waals surface area contributed by atoms with Crippen molar-refractivity contribution >= 4 is 17.9 Å². The highest BCUT2D eigenvalue weighted by atomic mass is 32.2. The Morgan fingerprint density at radius 2 is 2.04 bits per heavy atom. The van der Waals surface area contributed by atoms with Gasteiger partial charge in [-0.15, -0.1) is 11.8 Å². The van der Waals surface area contributed by atoms with Crippen LogP contribution in [-0.2, 0) is 9.48 Å². The third-order valence-electron chi connectivity index (χ3n) is 5.06. The number of ether oxygens (including phenoxy) is 1. The van der Waals surface area contributed by atoms with Crippen molar-refractivity contribution in [3.63, 3.8) is 0 Å². The van der Waals surface area contributed by atoms with Gasteiger partial charge in [-0.25, -0.2) is 4.79 Å². The fourth-order valence-corrected chi connectivity index (χ4v) is 5.37. The topological polar surface area (TPSA) is 58.2 Å². The summed E-state index contributed by atoms with van der Waals surface area (Å²) in [6, 6.07) is 6.58. The number of piperidine rings is 1. The van der Waals surface area contributed by atoms with Gasteiger partial charge >= 0.3 is 6.09 Å². The van der Waals surface area contributed by atoms with Crippen LogP contribution in [0.5, 0.6) is 0 Å². The Bertz CT molecular complexity index is 845. The first-order chi connectivity index (χ1) is 12.3. The zero-order valence-electron chi connectivity index (χ0n) is 15.8. The van der Waals surface area contributed by atoms with E-state index in [0.717, 1.165) is 18.5 Å². The van der Waals surface area contributed by atoms with Gasteiger partial charge < -0.3 is 9.64 Å². The summed E-state index contributed by atoms with van der Waals surface area (Å²) >= 11 is 1.93. The molecule has 2 aliphatic heterocycles. The lowest BCUT2D eigenvalue weighted by Crippen LogP contribution is -2.46. The molecule has 0 radical (unpaired) electrons. The van der Waals surface area contributed by atoms with Gasteiger partial charge in [0.05, 0.1) is 16.6 Å². The van der Waals surface area contributed by atoms with Gasteiger partial charge in [-0.2, -0.15) is 5.10 Å². The normalized spacial score (nSPS) is 18.4. The number of benzene rings is 1. The van der Waals surface area contributed by atoms with Crippen molar-refractivity contribution in [3.05, 3.63) is 35.5 Å². The Morgan fingerprint density at radius 3 is 2.73 bits per heavy atom. The number of rotatable bonds is 0. The molecule has 6 heteroatoms. The van der Waals surface area contributed by atoms with Crippen molar-refractivity contribution in [2.24, 2.45) is 0 Å². The fourth-order valence-electron chi connectivity index (χ4n) is 3.77. The highest BCUT2D eigenvalue weighted by Crippen LogP contribution is 2.56. The summed E-state index contributed by atoms with van der Waals surface area (Å²) in [7, 11) is 0. The number of amides is 1. The van der Waals surface area contributed by atoms with Crippen molar-refractivity contribution < 1.29 is 9.53 Å². The maximum atomic E-state index is 12.4. The van der Waals surface area contributed by atoms with Crippen LogP contribution in [0.3, 0.4) is 0 Å². The molecule has 1 aromatic heterocycles. The molecule has 0 unspecified atom stereocenters. The van der Waals surface area contributed by atoms with Gasteiger partial charge in [0, 0.05) is 29.1 Å². The molecule has 0 aliphatic carbocycles. The summed E-state index contributed by atoms with van der Waals surface area (Å²) in [6.07, 6.45) is 3.55. The molecule has 1 N–H and O–H groups in total. The van der Waals surface area contributed by atoms with E-state index in [1.807, 2.05) is 43.6 Å². The molecule has 2 aliphatic rings. The first-order valence-corrected chi connectivity index (χ1v) is 9.91. The molecule has 1 amide bonds. The number of likely N-dealkylation sites (tertiary alicyclic amines) is 1. The molecule has 1 saturated heterocycles. The largest absolute Gasteiger partial charge is 0.444 e. The highest BCUT2D eigenvalue weighted by Gasteiger charge is 2.44. The summed E-state index contributed by atoms with van der Waals surface area (Å²) in [4.78, 5) is 15.5. The van der Waals surface area contributed by atoms with Gasteiger partial charge in [0.15, 0.2) is 0 Å². The van der Waals surface area contributed by atoms with Gasteiger partial charge in [0.1, 0.15) is 5.60 Å². The highest BCUT2D eigenvalue weighted by molar-refractivity contribution is 8.00. The van der Waals surface area contributed by atoms with Crippen LogP contribution in [0.4, 0.5) is 4.79 Å². The molecule has 4 rings (SSSR count). The zero-order chi connectivity index (χ0) is 18.5. The number of aryl methyl sites for hydroxylation is 1. The number of hydrogen-bond donors (Lipinski definition) is 1. The summed E-state index contributed by atoms with van der Waals surface area (Å²) in [6.45, 7) is 9.25. The molecule has 138 valence electrons. The Morgan fingerprint density at radius 1 is 1.31 bits per heavy atom. The monoisotopic (exact) mass is 371 g/mol. The third kappa shape index (κ3) is 3.00. The van der Waals surface area contributed by atoms with Crippen molar-refractivity contribution in [2.75, 3.05) is 13.1 Å². The number of aromatic amines is 1. The number of H-pyrrole nitrogens is 1. The van der Waals surface area contributed by atoms with Gasteiger partial charge in [0.25, 0.3) is 0 Å². The molecular formula is C20H25N3O2S. The van der Waals surface area contributed by atoms with Crippen molar-refractivity contribution in [3.8, 4) is 11.3 Å². The third-order valence-corrected chi connectivity index (χ3v) is 6.64. The number of fused-ring (bicyclic) bond motifs is 4. The Kier molecular flexibility index (Phi) is 4.06. The second-order valence-corrected chi connectivity index (χ2v) is 9.65. The average Bonchev–Trinajstić information content (AvgIpc) is 3.04. The molecule has 1 fully saturated rings. The predicted molar refractivity (Wildman–Crippen MR) is 103 cm³/mol. The molecule has 1 spiro atoms. The van der Waals surface area contributed by atoms with E-state index in [-0.39, 0.29) is 10.8 Å². The second kappa shape index (κ2) is 6.05. The first-order valence-electron chi connectivity index (χ1n) is 9.09. The standard InChI is InChI=1S/C20H25N3O2S/c1-13-5-6-14-16(11-13)26-20(15-12-21-22-17(14)15)7-9-23(10-8-20)18(24)25-19(2,3)4/h5-6,11-12H,7-10H2,1-4H3,(H,21,22). The van der Waals surface area contributed by atoms with Crippen LogP contribution in [0.1, 0.15) is 44.7 Å². The van der Waals surface area contributed by atoms with E-state index >= 15 is 0 Å². The second-order valence-electron chi connectivity index (χ2n) is 8.22. The Balaban J connectivity index is 1.59. The maximum absolute atomic E-state index is 12.4. The minimum absolute atomic E-state index is 0.0262. The summed E-state index contributed by atoms with van der Waals surface area (Å²) in [5.74, 6) is 0. The number of thioether (sulfide) groups is 1. The number of hydrogen-bond acceptors (Lipinski definition) is 4. The lowest BCUT2D eigenvalue weighted by molar-refractivity contribution is 0.0196. The molecule has 0 bridgehead atoms. The molecule has 2 aromatic rings. The maximum Gasteiger partial charge on any atom is 0.410 e. The number of carbonyl (C=O) groups is 1. The van der Waals surface area contributed by atoms with E-state index in [1.54, 1.807) is 0 Å². The molecule has 0 saturated carbocycles. The minimum atomic E-state index is -0.458. The van der Waals surface area contributed by atoms with Gasteiger partial charge in [-0.05, 0) is 52.2 Å². The predicted octanol–water partition coefficient (Wildman–Crippen LogP) is 4.72. The van der Waals surface area contributed by atoms with Crippen LogP contribution in [-0.4, -0.2) is 39.9 Å². The van der Waals surface area contributed by atoms with Crippen LogP contribution >= 0.6 is 11.8 Å². The molecule has 0 atom stereocenters. The zero-order valence-corrected chi connectivity index (χ0v) is 16.6. The lowest BCUT2D eigenvalue weighted by atomic mass is 9.86. The molecule has 1 aromatic carbocycles. The number of carbonyl (C=O) groups excluding carboxylic acids is 1. The van der Waals surface area contributed by atoms with Crippen molar-refractivity contribution in [1.82, 2.24) is 15.1 Å². The Labute approximate surface area is 158 Å². The molecule has 5 nitrogen and oxygen atoms in total. The minimum Gasteiger partial charge on any atom is -0.444 e. The number of nitrogens with one attached hydrogen (secondary N) is 1. The average molecular weight is 372 g/mol. The van der Waals surface area contributed by atoms with E-state index in [1.165, 1.54) is 21.6 Å². The first kappa shape index (κ1) is 17.5. The quantitative estimate of drug-likeness (QED) is 0.728.